The lowest BCUT2D eigenvalue weighted by atomic mass is 10.1. The van der Waals surface area contributed by atoms with Crippen molar-refractivity contribution in [2.24, 2.45) is 0 Å². The minimum Gasteiger partial charge on any atom is -0.347 e. The lowest BCUT2D eigenvalue weighted by Crippen LogP contribution is -1.95. The van der Waals surface area contributed by atoms with Crippen molar-refractivity contribution in [3.8, 4) is 0 Å². The molecule has 1 aromatic carbocycles. The Hall–Kier alpha value is -1.24. The molecule has 0 radical (unpaired) electrons. The van der Waals surface area contributed by atoms with Crippen LogP contribution in [0.4, 0.5) is 0 Å². The molecule has 1 nitrogen and oxygen atoms in total. The minimum absolute atomic E-state index is 1.17. The molecule has 20 heavy (non-hydrogen) atoms. The summed E-state index contributed by atoms with van der Waals surface area (Å²) in [5, 5.41) is 1.41. The summed E-state index contributed by atoms with van der Waals surface area (Å²) in [6, 6.07) is 8.75. The standard InChI is InChI=1S/C19H29N/c1-3-4-5-6-7-8-9-12-15-20-16-17(2)18-13-10-11-14-19(18)20/h10-11,13-14,16H,3-9,12,15H2,1-2H3. The van der Waals surface area contributed by atoms with Crippen LogP contribution >= 0.6 is 0 Å². The first-order chi connectivity index (χ1) is 9.83. The highest BCUT2D eigenvalue weighted by atomic mass is 15.0. The molecule has 2 rings (SSSR count). The third kappa shape index (κ3) is 4.13. The Morgan fingerprint density at radius 3 is 2.25 bits per heavy atom. The second kappa shape index (κ2) is 8.14. The van der Waals surface area contributed by atoms with Crippen LogP contribution in [0.5, 0.6) is 0 Å². The smallest absolute Gasteiger partial charge is 0.0483 e. The summed E-state index contributed by atoms with van der Waals surface area (Å²) < 4.78 is 2.43. The number of nitrogens with zero attached hydrogens (tertiary/aromatic N) is 1. The molecule has 0 saturated carbocycles. The molecule has 0 spiro atoms. The molecule has 0 aliphatic heterocycles. The van der Waals surface area contributed by atoms with Gasteiger partial charge in [0.1, 0.15) is 0 Å². The van der Waals surface area contributed by atoms with Gasteiger partial charge < -0.3 is 4.57 Å². The van der Waals surface area contributed by atoms with Gasteiger partial charge in [0.15, 0.2) is 0 Å². The molecule has 0 fully saturated rings. The summed E-state index contributed by atoms with van der Waals surface area (Å²) in [6.07, 6.45) is 13.4. The van der Waals surface area contributed by atoms with Crippen LogP contribution in [0.3, 0.4) is 0 Å². The highest BCUT2D eigenvalue weighted by Crippen LogP contribution is 2.21. The fourth-order valence-electron chi connectivity index (χ4n) is 3.03. The number of unbranched alkanes of at least 4 members (excludes halogenated alkanes) is 7. The number of para-hydroxylation sites is 1. The van der Waals surface area contributed by atoms with E-state index in [4.69, 9.17) is 0 Å². The van der Waals surface area contributed by atoms with Crippen molar-refractivity contribution in [2.75, 3.05) is 0 Å². The lowest BCUT2D eigenvalue weighted by molar-refractivity contribution is 0.549. The van der Waals surface area contributed by atoms with Crippen LogP contribution in [0.15, 0.2) is 30.5 Å². The van der Waals surface area contributed by atoms with E-state index in [0.29, 0.717) is 0 Å². The Morgan fingerprint density at radius 1 is 0.850 bits per heavy atom. The molecular formula is C19H29N. The Kier molecular flexibility index (Phi) is 6.17. The van der Waals surface area contributed by atoms with Gasteiger partial charge in [-0.05, 0) is 25.0 Å². The first kappa shape index (κ1) is 15.2. The van der Waals surface area contributed by atoms with Crippen LogP contribution in [0.1, 0.15) is 63.9 Å². The molecule has 0 aliphatic carbocycles. The fraction of sp³-hybridized carbons (Fsp3) is 0.579. The van der Waals surface area contributed by atoms with Gasteiger partial charge in [0.05, 0.1) is 0 Å². The van der Waals surface area contributed by atoms with Crippen molar-refractivity contribution in [1.82, 2.24) is 4.57 Å². The highest BCUT2D eigenvalue weighted by molar-refractivity contribution is 5.83. The summed E-state index contributed by atoms with van der Waals surface area (Å²) >= 11 is 0. The van der Waals surface area contributed by atoms with E-state index >= 15 is 0 Å². The molecule has 0 unspecified atom stereocenters. The summed E-state index contributed by atoms with van der Waals surface area (Å²) in [6.45, 7) is 5.67. The Labute approximate surface area is 124 Å². The normalized spacial score (nSPS) is 11.3. The molecule has 0 saturated heterocycles. The maximum Gasteiger partial charge on any atom is 0.0483 e. The van der Waals surface area contributed by atoms with E-state index < -0.39 is 0 Å². The lowest BCUT2D eigenvalue weighted by Gasteiger charge is -2.05. The van der Waals surface area contributed by atoms with E-state index in [1.807, 2.05) is 0 Å². The molecule has 0 bridgehead atoms. The van der Waals surface area contributed by atoms with Crippen LogP contribution in [-0.2, 0) is 6.54 Å². The van der Waals surface area contributed by atoms with Crippen LogP contribution in [0.25, 0.3) is 10.9 Å². The largest absolute Gasteiger partial charge is 0.347 e. The van der Waals surface area contributed by atoms with Crippen molar-refractivity contribution < 1.29 is 0 Å². The van der Waals surface area contributed by atoms with E-state index in [1.54, 1.807) is 0 Å². The number of aryl methyl sites for hydroxylation is 2. The predicted molar refractivity (Wildman–Crippen MR) is 89.3 cm³/mol. The van der Waals surface area contributed by atoms with Gasteiger partial charge in [-0.1, -0.05) is 70.1 Å². The predicted octanol–water partition coefficient (Wildman–Crippen LogP) is 6.09. The van der Waals surface area contributed by atoms with E-state index in [-0.39, 0.29) is 0 Å². The van der Waals surface area contributed by atoms with E-state index in [0.717, 1.165) is 0 Å². The fourth-order valence-corrected chi connectivity index (χ4v) is 3.03. The first-order valence-electron chi connectivity index (χ1n) is 8.37. The van der Waals surface area contributed by atoms with E-state index in [9.17, 15) is 0 Å². The zero-order valence-corrected chi connectivity index (χ0v) is 13.2. The number of hydrogen-bond acceptors (Lipinski definition) is 0. The van der Waals surface area contributed by atoms with Crippen molar-refractivity contribution in [1.29, 1.82) is 0 Å². The molecule has 2 aromatic rings. The SMILES string of the molecule is CCCCCCCCCCn1cc(C)c2ccccc21. The van der Waals surface area contributed by atoms with Gasteiger partial charge in [-0.2, -0.15) is 0 Å². The van der Waals surface area contributed by atoms with Gasteiger partial charge in [-0.25, -0.2) is 0 Å². The van der Waals surface area contributed by atoms with Gasteiger partial charge in [0, 0.05) is 23.6 Å². The summed E-state index contributed by atoms with van der Waals surface area (Å²) in [5.74, 6) is 0. The average molecular weight is 271 g/mol. The molecule has 110 valence electrons. The number of fused-ring (bicyclic) bond motifs is 1. The maximum atomic E-state index is 2.43. The second-order valence-electron chi connectivity index (χ2n) is 6.00. The minimum atomic E-state index is 1.17. The molecular weight excluding hydrogens is 242 g/mol. The van der Waals surface area contributed by atoms with Crippen LogP contribution in [0.2, 0.25) is 0 Å². The quantitative estimate of drug-likeness (QED) is 0.486. The summed E-state index contributed by atoms with van der Waals surface area (Å²) in [4.78, 5) is 0. The van der Waals surface area contributed by atoms with Crippen LogP contribution in [-0.4, -0.2) is 4.57 Å². The number of hydrogen-bond donors (Lipinski definition) is 0. The van der Waals surface area contributed by atoms with Crippen molar-refractivity contribution in [3.05, 3.63) is 36.0 Å². The molecule has 0 aliphatic rings. The third-order valence-corrected chi connectivity index (χ3v) is 4.24. The molecule has 0 N–H and O–H groups in total. The Morgan fingerprint density at radius 2 is 1.50 bits per heavy atom. The Balaban J connectivity index is 1.71. The molecule has 1 heteroatoms. The topological polar surface area (TPSA) is 4.93 Å². The number of benzene rings is 1. The van der Waals surface area contributed by atoms with Gasteiger partial charge in [-0.3, -0.25) is 0 Å². The van der Waals surface area contributed by atoms with Crippen molar-refractivity contribution in [3.63, 3.8) is 0 Å². The summed E-state index contributed by atoms with van der Waals surface area (Å²) in [7, 11) is 0. The molecule has 1 heterocycles. The monoisotopic (exact) mass is 271 g/mol. The van der Waals surface area contributed by atoms with Gasteiger partial charge in [-0.15, -0.1) is 0 Å². The van der Waals surface area contributed by atoms with Crippen molar-refractivity contribution in [2.45, 2.75) is 71.8 Å². The second-order valence-corrected chi connectivity index (χ2v) is 6.00. The first-order valence-corrected chi connectivity index (χ1v) is 8.37. The van der Waals surface area contributed by atoms with E-state index in [2.05, 4.69) is 48.9 Å². The van der Waals surface area contributed by atoms with Crippen LogP contribution in [0, 0.1) is 6.92 Å². The van der Waals surface area contributed by atoms with Crippen LogP contribution < -0.4 is 0 Å². The maximum absolute atomic E-state index is 2.43. The third-order valence-electron chi connectivity index (χ3n) is 4.24. The average Bonchev–Trinajstić information content (AvgIpc) is 2.79. The highest BCUT2D eigenvalue weighted by Gasteiger charge is 2.03. The zero-order chi connectivity index (χ0) is 14.2. The van der Waals surface area contributed by atoms with E-state index in [1.165, 1.54) is 74.4 Å². The molecule has 1 aromatic heterocycles. The summed E-state index contributed by atoms with van der Waals surface area (Å²) in [5.41, 5.74) is 2.80. The van der Waals surface area contributed by atoms with Gasteiger partial charge in [0.25, 0.3) is 0 Å². The zero-order valence-electron chi connectivity index (χ0n) is 13.2. The molecule has 0 atom stereocenters. The van der Waals surface area contributed by atoms with Crippen molar-refractivity contribution >= 4 is 10.9 Å². The van der Waals surface area contributed by atoms with Gasteiger partial charge >= 0.3 is 0 Å². The number of aromatic nitrogens is 1. The molecule has 0 amide bonds. The van der Waals surface area contributed by atoms with Gasteiger partial charge in [0.2, 0.25) is 0 Å². The number of rotatable bonds is 9. The Bertz CT molecular complexity index is 509.